The minimum Gasteiger partial charge on any atom is -0.487 e. The predicted molar refractivity (Wildman–Crippen MR) is 142 cm³/mol. The van der Waals surface area contributed by atoms with E-state index in [0.717, 1.165) is 5.56 Å². The van der Waals surface area contributed by atoms with Gasteiger partial charge in [0.1, 0.15) is 16.7 Å². The fraction of sp³-hybridized carbons (Fsp3) is 0.321. The lowest BCUT2D eigenvalue weighted by molar-refractivity contribution is 0.0563. The van der Waals surface area contributed by atoms with Crippen LogP contribution in [-0.2, 0) is 10.0 Å². The zero-order chi connectivity index (χ0) is 27.3. The van der Waals surface area contributed by atoms with Gasteiger partial charge in [-0.05, 0) is 49.4 Å². The lowest BCUT2D eigenvalue weighted by atomic mass is 10.0. The van der Waals surface area contributed by atoms with Crippen LogP contribution in [0.5, 0.6) is 5.75 Å². The van der Waals surface area contributed by atoms with Crippen LogP contribution in [0.2, 0.25) is 0 Å². The number of fused-ring (bicyclic) bond motifs is 1. The molecule has 0 aliphatic carbocycles. The Hall–Kier alpha value is -3.78. The van der Waals surface area contributed by atoms with Crippen molar-refractivity contribution in [3.63, 3.8) is 0 Å². The second-order valence-electron chi connectivity index (χ2n) is 9.31. The van der Waals surface area contributed by atoms with Crippen molar-refractivity contribution in [2.75, 3.05) is 26.7 Å². The summed E-state index contributed by atoms with van der Waals surface area (Å²) in [6.45, 7) is 3.54. The molecule has 9 nitrogen and oxygen atoms in total. The highest BCUT2D eigenvalue weighted by Gasteiger charge is 2.38. The van der Waals surface area contributed by atoms with Crippen LogP contribution in [0.1, 0.15) is 35.3 Å². The molecule has 0 saturated carbocycles. The second-order valence-corrected chi connectivity index (χ2v) is 11.2. The number of hydrogen-bond donors (Lipinski definition) is 1. The van der Waals surface area contributed by atoms with E-state index in [9.17, 15) is 18.3 Å². The Morgan fingerprint density at radius 2 is 1.74 bits per heavy atom. The van der Waals surface area contributed by atoms with E-state index >= 15 is 0 Å². The van der Waals surface area contributed by atoms with Gasteiger partial charge in [0.25, 0.3) is 5.91 Å². The number of aliphatic hydroxyl groups is 1. The SMILES string of the molecule is C[C@H](CO)N1C[C@H](C)[C@H](CN(C)C(=O)c2ccncc2)Oc2cc(C#Cc3ccncc3)ccc2S1(=O)=O. The van der Waals surface area contributed by atoms with Crippen LogP contribution in [0.3, 0.4) is 0 Å². The third-order valence-corrected chi connectivity index (χ3v) is 8.45. The molecule has 1 amide bonds. The molecular formula is C28H30N4O5S. The van der Waals surface area contributed by atoms with Gasteiger partial charge >= 0.3 is 0 Å². The Labute approximate surface area is 223 Å². The average Bonchev–Trinajstić information content (AvgIpc) is 2.93. The molecule has 1 aliphatic rings. The Bertz CT molecular complexity index is 1440. The molecule has 3 heterocycles. The van der Waals surface area contributed by atoms with Crippen molar-refractivity contribution in [3.05, 3.63) is 83.9 Å². The third-order valence-electron chi connectivity index (χ3n) is 6.43. The highest BCUT2D eigenvalue weighted by Crippen LogP contribution is 2.34. The van der Waals surface area contributed by atoms with Gasteiger partial charge in [0.05, 0.1) is 13.2 Å². The number of sulfonamides is 1. The number of carbonyl (C=O) groups excluding carboxylic acids is 1. The molecule has 2 aromatic heterocycles. The summed E-state index contributed by atoms with van der Waals surface area (Å²) in [5.74, 6) is 5.75. The quantitative estimate of drug-likeness (QED) is 0.500. The molecule has 1 aromatic carbocycles. The fourth-order valence-corrected chi connectivity index (χ4v) is 5.99. The summed E-state index contributed by atoms with van der Waals surface area (Å²) in [6.07, 6.45) is 5.87. The van der Waals surface area contributed by atoms with Crippen LogP contribution in [0.15, 0.2) is 72.1 Å². The van der Waals surface area contributed by atoms with Crippen LogP contribution >= 0.6 is 0 Å². The first-order chi connectivity index (χ1) is 18.2. The number of aromatic nitrogens is 2. The van der Waals surface area contributed by atoms with Crippen LogP contribution in [0, 0.1) is 17.8 Å². The van der Waals surface area contributed by atoms with Gasteiger partial charge in [0.2, 0.25) is 10.0 Å². The van der Waals surface area contributed by atoms with Crippen LogP contribution in [0.25, 0.3) is 0 Å². The number of ether oxygens (including phenoxy) is 1. The molecule has 10 heteroatoms. The summed E-state index contributed by atoms with van der Waals surface area (Å²) >= 11 is 0. The first-order valence-electron chi connectivity index (χ1n) is 12.2. The van der Waals surface area contributed by atoms with Crippen LogP contribution in [0.4, 0.5) is 0 Å². The Morgan fingerprint density at radius 1 is 1.11 bits per heavy atom. The maximum Gasteiger partial charge on any atom is 0.253 e. The van der Waals surface area contributed by atoms with Crippen molar-refractivity contribution in [1.82, 2.24) is 19.2 Å². The van der Waals surface area contributed by atoms with Gasteiger partial charge in [-0.1, -0.05) is 18.8 Å². The summed E-state index contributed by atoms with van der Waals surface area (Å²) in [4.78, 5) is 22.5. The summed E-state index contributed by atoms with van der Waals surface area (Å²) in [6, 6.07) is 10.9. The zero-order valence-electron chi connectivity index (χ0n) is 21.5. The molecule has 38 heavy (non-hydrogen) atoms. The molecule has 0 unspecified atom stereocenters. The number of benzene rings is 1. The molecule has 0 bridgehead atoms. The number of aliphatic hydroxyl groups excluding tert-OH is 1. The summed E-state index contributed by atoms with van der Waals surface area (Å²) < 4.78 is 35.0. The number of amides is 1. The summed E-state index contributed by atoms with van der Waals surface area (Å²) in [5.41, 5.74) is 1.84. The van der Waals surface area contributed by atoms with E-state index in [-0.39, 0.29) is 42.2 Å². The maximum absolute atomic E-state index is 13.7. The van der Waals surface area contributed by atoms with Crippen molar-refractivity contribution >= 4 is 15.9 Å². The Balaban J connectivity index is 1.72. The molecule has 3 atom stereocenters. The van der Waals surface area contributed by atoms with Crippen molar-refractivity contribution in [1.29, 1.82) is 0 Å². The molecule has 0 spiro atoms. The average molecular weight is 535 g/mol. The monoisotopic (exact) mass is 534 g/mol. The normalized spacial score (nSPS) is 19.5. The van der Waals surface area contributed by atoms with Gasteiger partial charge in [-0.25, -0.2) is 8.42 Å². The van der Waals surface area contributed by atoms with E-state index in [2.05, 4.69) is 21.8 Å². The molecule has 0 radical (unpaired) electrons. The highest BCUT2D eigenvalue weighted by atomic mass is 32.2. The van der Waals surface area contributed by atoms with Crippen molar-refractivity contribution < 1.29 is 23.1 Å². The molecule has 1 aliphatic heterocycles. The van der Waals surface area contributed by atoms with E-state index in [1.54, 1.807) is 80.1 Å². The van der Waals surface area contributed by atoms with E-state index in [1.165, 1.54) is 10.4 Å². The maximum atomic E-state index is 13.7. The molecule has 0 saturated heterocycles. The molecule has 1 N–H and O–H groups in total. The summed E-state index contributed by atoms with van der Waals surface area (Å²) in [5, 5.41) is 9.83. The molecular weight excluding hydrogens is 504 g/mol. The summed E-state index contributed by atoms with van der Waals surface area (Å²) in [7, 11) is -2.30. The van der Waals surface area contributed by atoms with Gasteiger partial charge in [0, 0.05) is 67.0 Å². The van der Waals surface area contributed by atoms with Gasteiger partial charge in [-0.2, -0.15) is 4.31 Å². The minimum absolute atomic E-state index is 0.00715. The number of carbonyl (C=O) groups is 1. The molecule has 4 rings (SSSR count). The van der Waals surface area contributed by atoms with Crippen molar-refractivity contribution in [2.45, 2.75) is 30.9 Å². The first-order valence-corrected chi connectivity index (χ1v) is 13.7. The van der Waals surface area contributed by atoms with Gasteiger partial charge < -0.3 is 14.7 Å². The topological polar surface area (TPSA) is 113 Å². The largest absolute Gasteiger partial charge is 0.487 e. The van der Waals surface area contributed by atoms with Crippen molar-refractivity contribution in [3.8, 4) is 17.6 Å². The second kappa shape index (κ2) is 11.7. The third kappa shape index (κ3) is 6.02. The fourth-order valence-electron chi connectivity index (χ4n) is 4.17. The van der Waals surface area contributed by atoms with Gasteiger partial charge in [-0.15, -0.1) is 0 Å². The number of nitrogens with zero attached hydrogens (tertiary/aromatic N) is 4. The standard InChI is InChI=1S/C28H30N4O5S/c1-20-17-32(21(2)19-33)38(35,36)27-7-6-23(5-4-22-8-12-29-13-9-22)16-25(27)37-26(20)18-31(3)28(34)24-10-14-30-15-11-24/h6-16,20-21,26,33H,17-19H2,1-3H3/t20-,21+,26-/m0/s1. The zero-order valence-corrected chi connectivity index (χ0v) is 22.3. The van der Waals surface area contributed by atoms with E-state index in [1.807, 2.05) is 6.92 Å². The molecule has 3 aromatic rings. The molecule has 0 fully saturated rings. The number of hydrogen-bond acceptors (Lipinski definition) is 7. The van der Waals surface area contributed by atoms with E-state index < -0.39 is 22.2 Å². The Kier molecular flexibility index (Phi) is 8.42. The Morgan fingerprint density at radius 3 is 2.39 bits per heavy atom. The van der Waals surface area contributed by atoms with E-state index in [4.69, 9.17) is 4.74 Å². The number of rotatable bonds is 5. The minimum atomic E-state index is -3.98. The van der Waals surface area contributed by atoms with Gasteiger partial charge in [0.15, 0.2) is 0 Å². The first kappa shape index (κ1) is 27.3. The van der Waals surface area contributed by atoms with Gasteiger partial charge in [-0.3, -0.25) is 14.8 Å². The molecule has 198 valence electrons. The highest BCUT2D eigenvalue weighted by molar-refractivity contribution is 7.89. The smallest absolute Gasteiger partial charge is 0.253 e. The van der Waals surface area contributed by atoms with Crippen LogP contribution < -0.4 is 4.74 Å². The lowest BCUT2D eigenvalue weighted by Crippen LogP contribution is -2.50. The number of pyridine rings is 2. The van der Waals surface area contributed by atoms with E-state index in [0.29, 0.717) is 11.1 Å². The van der Waals surface area contributed by atoms with Crippen molar-refractivity contribution in [2.24, 2.45) is 5.92 Å². The lowest BCUT2D eigenvalue weighted by Gasteiger charge is -2.37. The van der Waals surface area contributed by atoms with Crippen LogP contribution in [-0.4, -0.2) is 77.5 Å². The predicted octanol–water partition coefficient (Wildman–Crippen LogP) is 2.42. The number of likely N-dealkylation sites (N-methyl/N-ethyl adjacent to an activating group) is 1.